The van der Waals surface area contributed by atoms with E-state index in [2.05, 4.69) is 29.4 Å². The van der Waals surface area contributed by atoms with Crippen LogP contribution < -0.4 is 10.6 Å². The fraction of sp³-hybridized carbons (Fsp3) is 0.440. The second-order valence-corrected chi connectivity index (χ2v) is 8.33. The van der Waals surface area contributed by atoms with Gasteiger partial charge in [-0.2, -0.15) is 0 Å². The molecule has 2 amide bonds. The molecule has 166 valence electrons. The summed E-state index contributed by atoms with van der Waals surface area (Å²) < 4.78 is 5.79. The summed E-state index contributed by atoms with van der Waals surface area (Å²) in [5.41, 5.74) is 3.59. The summed E-state index contributed by atoms with van der Waals surface area (Å²) in [6, 6.07) is 15.3. The molecule has 0 bridgehead atoms. The highest BCUT2D eigenvalue weighted by molar-refractivity contribution is 5.94. The molecule has 0 aliphatic carbocycles. The van der Waals surface area contributed by atoms with E-state index in [4.69, 9.17) is 4.74 Å². The van der Waals surface area contributed by atoms with E-state index in [0.717, 1.165) is 37.3 Å². The number of hydrogen-bond acceptors (Lipinski definition) is 4. The van der Waals surface area contributed by atoms with Crippen LogP contribution in [0.5, 0.6) is 0 Å². The maximum absolute atomic E-state index is 12.5. The van der Waals surface area contributed by atoms with Gasteiger partial charge >= 0.3 is 0 Å². The van der Waals surface area contributed by atoms with E-state index in [-0.39, 0.29) is 24.0 Å². The van der Waals surface area contributed by atoms with Crippen molar-refractivity contribution in [2.24, 2.45) is 0 Å². The molecule has 2 unspecified atom stereocenters. The Balaban J connectivity index is 1.47. The number of carbonyl (C=O) groups is 2. The van der Waals surface area contributed by atoms with Gasteiger partial charge in [0.25, 0.3) is 5.91 Å². The molecule has 0 radical (unpaired) electrons. The molecule has 1 fully saturated rings. The van der Waals surface area contributed by atoms with Crippen LogP contribution in [0.15, 0.2) is 48.5 Å². The van der Waals surface area contributed by atoms with Crippen molar-refractivity contribution in [2.75, 3.05) is 18.4 Å². The van der Waals surface area contributed by atoms with Crippen LogP contribution >= 0.6 is 0 Å². The van der Waals surface area contributed by atoms with Crippen molar-refractivity contribution in [2.45, 2.75) is 58.9 Å². The summed E-state index contributed by atoms with van der Waals surface area (Å²) in [6.45, 7) is 9.33. The van der Waals surface area contributed by atoms with Crippen LogP contribution in [0.1, 0.15) is 55.1 Å². The summed E-state index contributed by atoms with van der Waals surface area (Å²) in [6.07, 6.45) is 1.83. The number of rotatable bonds is 8. The van der Waals surface area contributed by atoms with E-state index in [1.54, 1.807) is 0 Å². The molecule has 1 aliphatic rings. The monoisotopic (exact) mass is 423 g/mol. The Hall–Kier alpha value is -2.70. The number of nitrogens with zero attached hydrogens (tertiary/aromatic N) is 1. The lowest BCUT2D eigenvalue weighted by molar-refractivity contribution is -0.116. The lowest BCUT2D eigenvalue weighted by Crippen LogP contribution is -2.44. The summed E-state index contributed by atoms with van der Waals surface area (Å²) >= 11 is 0. The average Bonchev–Trinajstić information content (AvgIpc) is 2.73. The first-order valence-electron chi connectivity index (χ1n) is 11.1. The van der Waals surface area contributed by atoms with Gasteiger partial charge in [-0.3, -0.25) is 14.5 Å². The van der Waals surface area contributed by atoms with Crippen molar-refractivity contribution in [3.63, 3.8) is 0 Å². The number of ether oxygens (including phenoxy) is 1. The highest BCUT2D eigenvalue weighted by Crippen LogP contribution is 2.15. The molecule has 2 aromatic carbocycles. The quantitative estimate of drug-likeness (QED) is 0.674. The maximum Gasteiger partial charge on any atom is 0.251 e. The predicted molar refractivity (Wildman–Crippen MR) is 123 cm³/mol. The molecule has 2 atom stereocenters. The van der Waals surface area contributed by atoms with Gasteiger partial charge in [-0.15, -0.1) is 0 Å². The van der Waals surface area contributed by atoms with E-state index < -0.39 is 0 Å². The van der Waals surface area contributed by atoms with Gasteiger partial charge in [0.15, 0.2) is 0 Å². The van der Waals surface area contributed by atoms with E-state index in [9.17, 15) is 9.59 Å². The largest absolute Gasteiger partial charge is 0.373 e. The fourth-order valence-electron chi connectivity index (χ4n) is 3.87. The van der Waals surface area contributed by atoms with Gasteiger partial charge in [0, 0.05) is 43.9 Å². The molecule has 1 aliphatic heterocycles. The average molecular weight is 424 g/mol. The summed E-state index contributed by atoms with van der Waals surface area (Å²) in [5, 5.41) is 5.82. The van der Waals surface area contributed by atoms with Crippen molar-refractivity contribution < 1.29 is 14.3 Å². The molecule has 0 aromatic heterocycles. The second kappa shape index (κ2) is 11.1. The van der Waals surface area contributed by atoms with E-state index >= 15 is 0 Å². The van der Waals surface area contributed by atoms with Gasteiger partial charge in [-0.1, -0.05) is 31.2 Å². The second-order valence-electron chi connectivity index (χ2n) is 8.33. The number of anilines is 1. The van der Waals surface area contributed by atoms with Crippen LogP contribution in [0.3, 0.4) is 0 Å². The number of morpholine rings is 1. The molecule has 3 rings (SSSR count). The van der Waals surface area contributed by atoms with Crippen molar-refractivity contribution in [1.29, 1.82) is 0 Å². The Morgan fingerprint density at radius 3 is 2.19 bits per heavy atom. The SMILES string of the molecule is CCCC(=O)Nc1ccc(CNC(=O)c2ccc(CN3CC(C)OC(C)C3)cc2)cc1. The summed E-state index contributed by atoms with van der Waals surface area (Å²) in [5.74, 6) is -0.0786. The van der Waals surface area contributed by atoms with Crippen LogP contribution in [-0.4, -0.2) is 42.0 Å². The van der Waals surface area contributed by atoms with Crippen LogP contribution in [0.25, 0.3) is 0 Å². The molecule has 6 heteroatoms. The Labute approximate surface area is 185 Å². The minimum atomic E-state index is -0.0968. The minimum Gasteiger partial charge on any atom is -0.373 e. The normalized spacial score (nSPS) is 19.1. The predicted octanol–water partition coefficient (Wildman–Crippen LogP) is 3.96. The van der Waals surface area contributed by atoms with Crippen molar-refractivity contribution in [3.05, 3.63) is 65.2 Å². The molecule has 0 saturated carbocycles. The van der Waals surface area contributed by atoms with Crippen LogP contribution in [-0.2, 0) is 22.6 Å². The first-order valence-corrected chi connectivity index (χ1v) is 11.1. The Kier molecular flexibility index (Phi) is 8.20. The number of nitrogens with one attached hydrogen (secondary N) is 2. The minimum absolute atomic E-state index is 0.0182. The fourth-order valence-corrected chi connectivity index (χ4v) is 3.87. The zero-order valence-corrected chi connectivity index (χ0v) is 18.7. The number of hydrogen-bond donors (Lipinski definition) is 2. The number of carbonyl (C=O) groups excluding carboxylic acids is 2. The Morgan fingerprint density at radius 2 is 1.58 bits per heavy atom. The maximum atomic E-state index is 12.5. The molecule has 1 heterocycles. The standard InChI is InChI=1S/C25H33N3O3/c1-4-5-24(29)27-23-12-8-20(9-13-23)14-26-25(30)22-10-6-21(7-11-22)17-28-15-18(2)31-19(3)16-28/h6-13,18-19H,4-5,14-17H2,1-3H3,(H,26,30)(H,27,29). The molecule has 2 N–H and O–H groups in total. The molecular formula is C25H33N3O3. The molecular weight excluding hydrogens is 390 g/mol. The van der Waals surface area contributed by atoms with Gasteiger partial charge in [0.2, 0.25) is 5.91 Å². The lowest BCUT2D eigenvalue weighted by Gasteiger charge is -2.35. The number of benzene rings is 2. The smallest absolute Gasteiger partial charge is 0.251 e. The molecule has 31 heavy (non-hydrogen) atoms. The summed E-state index contributed by atoms with van der Waals surface area (Å²) in [7, 11) is 0. The molecule has 0 spiro atoms. The highest BCUT2D eigenvalue weighted by atomic mass is 16.5. The molecule has 2 aromatic rings. The van der Waals surface area contributed by atoms with Crippen molar-refractivity contribution >= 4 is 17.5 Å². The van der Waals surface area contributed by atoms with Gasteiger partial charge in [-0.25, -0.2) is 0 Å². The highest BCUT2D eigenvalue weighted by Gasteiger charge is 2.22. The third-order valence-electron chi connectivity index (χ3n) is 5.29. The lowest BCUT2D eigenvalue weighted by atomic mass is 10.1. The van der Waals surface area contributed by atoms with Crippen molar-refractivity contribution in [3.8, 4) is 0 Å². The van der Waals surface area contributed by atoms with Crippen LogP contribution in [0.4, 0.5) is 5.69 Å². The molecule has 1 saturated heterocycles. The van der Waals surface area contributed by atoms with Crippen molar-refractivity contribution in [1.82, 2.24) is 10.2 Å². The molecule has 6 nitrogen and oxygen atoms in total. The zero-order valence-electron chi connectivity index (χ0n) is 18.7. The topological polar surface area (TPSA) is 70.7 Å². The number of amides is 2. The van der Waals surface area contributed by atoms with E-state index in [0.29, 0.717) is 18.5 Å². The van der Waals surface area contributed by atoms with Crippen LogP contribution in [0.2, 0.25) is 0 Å². The first kappa shape index (κ1) is 23.0. The zero-order chi connectivity index (χ0) is 22.2. The Morgan fingerprint density at radius 1 is 0.968 bits per heavy atom. The van der Waals surface area contributed by atoms with Gasteiger partial charge in [0.1, 0.15) is 0 Å². The van der Waals surface area contributed by atoms with E-state index in [1.807, 2.05) is 55.5 Å². The summed E-state index contributed by atoms with van der Waals surface area (Å²) in [4.78, 5) is 26.5. The van der Waals surface area contributed by atoms with Gasteiger partial charge < -0.3 is 15.4 Å². The Bertz CT molecular complexity index is 855. The first-order chi connectivity index (χ1) is 14.9. The third-order valence-corrected chi connectivity index (χ3v) is 5.29. The van der Waals surface area contributed by atoms with Gasteiger partial charge in [0.05, 0.1) is 12.2 Å². The van der Waals surface area contributed by atoms with E-state index in [1.165, 1.54) is 5.56 Å². The third kappa shape index (κ3) is 7.19. The van der Waals surface area contributed by atoms with Gasteiger partial charge in [-0.05, 0) is 55.7 Å². The van der Waals surface area contributed by atoms with Crippen LogP contribution in [0, 0.1) is 0 Å².